The van der Waals surface area contributed by atoms with Crippen LogP contribution in [0.3, 0.4) is 0 Å². The number of hydrogen-bond acceptors (Lipinski definition) is 2. The minimum atomic E-state index is -4.22. The first-order valence-corrected chi connectivity index (χ1v) is 4.41. The number of carbonyl (C=O) groups excluding carboxylic acids is 1. The maximum Gasteiger partial charge on any atom is 0.390 e. The lowest BCUT2D eigenvalue weighted by Crippen LogP contribution is -2.33. The van der Waals surface area contributed by atoms with E-state index in [9.17, 15) is 18.0 Å². The molecular formula is C8H15F3N2O. The molecule has 1 amide bonds. The third-order valence-corrected chi connectivity index (χ3v) is 1.75. The lowest BCUT2D eigenvalue weighted by Gasteiger charge is -2.11. The summed E-state index contributed by atoms with van der Waals surface area (Å²) in [6.07, 6.45) is -4.73. The van der Waals surface area contributed by atoms with Gasteiger partial charge in [-0.05, 0) is 13.0 Å². The van der Waals surface area contributed by atoms with Crippen LogP contribution < -0.4 is 11.1 Å². The van der Waals surface area contributed by atoms with Gasteiger partial charge in [-0.15, -0.1) is 0 Å². The molecule has 0 fully saturated rings. The first-order chi connectivity index (χ1) is 6.37. The van der Waals surface area contributed by atoms with Crippen molar-refractivity contribution in [3.63, 3.8) is 0 Å². The zero-order valence-electron chi connectivity index (χ0n) is 8.03. The second-order valence-corrected chi connectivity index (χ2v) is 3.13. The van der Waals surface area contributed by atoms with Crippen molar-refractivity contribution in [3.8, 4) is 0 Å². The summed E-state index contributed by atoms with van der Waals surface area (Å²) in [7, 11) is 0. The molecule has 0 aromatic carbocycles. The summed E-state index contributed by atoms with van der Waals surface area (Å²) in [4.78, 5) is 11.1. The van der Waals surface area contributed by atoms with Crippen LogP contribution >= 0.6 is 0 Å². The number of amides is 1. The van der Waals surface area contributed by atoms with Crippen molar-refractivity contribution in [1.29, 1.82) is 0 Å². The Morgan fingerprint density at radius 3 is 2.50 bits per heavy atom. The van der Waals surface area contributed by atoms with Crippen molar-refractivity contribution >= 4 is 5.91 Å². The molecule has 0 aliphatic rings. The fraction of sp³-hybridized carbons (Fsp3) is 0.875. The van der Waals surface area contributed by atoms with E-state index in [1.54, 1.807) is 6.92 Å². The third-order valence-electron chi connectivity index (χ3n) is 1.75. The zero-order chi connectivity index (χ0) is 11.2. The number of hydrogen-bond donors (Lipinski definition) is 2. The molecule has 1 atom stereocenters. The predicted molar refractivity (Wildman–Crippen MR) is 46.5 cm³/mol. The van der Waals surface area contributed by atoms with Gasteiger partial charge in [0.05, 0.1) is 6.42 Å². The van der Waals surface area contributed by atoms with Gasteiger partial charge >= 0.3 is 6.18 Å². The lowest BCUT2D eigenvalue weighted by molar-refractivity contribution is -0.136. The normalized spacial score (nSPS) is 13.8. The molecule has 0 bridgehead atoms. The van der Waals surface area contributed by atoms with Gasteiger partial charge in [0.2, 0.25) is 5.91 Å². The van der Waals surface area contributed by atoms with Crippen LogP contribution in [-0.4, -0.2) is 25.2 Å². The Morgan fingerprint density at radius 1 is 1.50 bits per heavy atom. The predicted octanol–water partition coefficient (Wildman–Crippen LogP) is 1.04. The number of nitrogens with one attached hydrogen (secondary N) is 1. The van der Waals surface area contributed by atoms with Gasteiger partial charge in [0.15, 0.2) is 0 Å². The van der Waals surface area contributed by atoms with Crippen LogP contribution in [0.4, 0.5) is 13.2 Å². The Balaban J connectivity index is 3.64. The van der Waals surface area contributed by atoms with Crippen LogP contribution in [0.1, 0.15) is 19.8 Å². The zero-order valence-corrected chi connectivity index (χ0v) is 8.03. The van der Waals surface area contributed by atoms with Crippen LogP contribution in [0.2, 0.25) is 0 Å². The summed E-state index contributed by atoms with van der Waals surface area (Å²) in [5.74, 6) is -0.701. The van der Waals surface area contributed by atoms with E-state index in [-0.39, 0.29) is 18.4 Å². The largest absolute Gasteiger partial charge is 0.390 e. The highest BCUT2D eigenvalue weighted by molar-refractivity contribution is 5.78. The molecule has 0 spiro atoms. The Kier molecular flexibility index (Phi) is 5.52. The first-order valence-electron chi connectivity index (χ1n) is 4.41. The molecule has 3 N–H and O–H groups in total. The summed E-state index contributed by atoms with van der Waals surface area (Å²) in [6.45, 7) is 1.63. The number of nitrogens with two attached hydrogens (primary N) is 1. The van der Waals surface area contributed by atoms with Crippen LogP contribution in [0, 0.1) is 5.92 Å². The topological polar surface area (TPSA) is 55.1 Å². The molecule has 0 saturated carbocycles. The van der Waals surface area contributed by atoms with Gasteiger partial charge in [0.1, 0.15) is 0 Å². The Hall–Kier alpha value is -0.780. The Labute approximate surface area is 80.8 Å². The molecular weight excluding hydrogens is 197 g/mol. The molecule has 0 rings (SSSR count). The van der Waals surface area contributed by atoms with Gasteiger partial charge < -0.3 is 11.1 Å². The van der Waals surface area contributed by atoms with Crippen molar-refractivity contribution in [2.45, 2.75) is 25.9 Å². The van der Waals surface area contributed by atoms with E-state index in [2.05, 4.69) is 5.32 Å². The molecule has 6 heteroatoms. The highest BCUT2D eigenvalue weighted by atomic mass is 19.4. The minimum Gasteiger partial charge on any atom is -0.356 e. The van der Waals surface area contributed by atoms with E-state index in [1.807, 2.05) is 0 Å². The molecule has 0 heterocycles. The second-order valence-electron chi connectivity index (χ2n) is 3.13. The van der Waals surface area contributed by atoms with Gasteiger partial charge in [-0.1, -0.05) is 6.92 Å². The Bertz CT molecular complexity index is 182. The summed E-state index contributed by atoms with van der Waals surface area (Å²) in [5, 5.41) is 2.21. The molecule has 0 aliphatic carbocycles. The molecule has 0 radical (unpaired) electrons. The highest BCUT2D eigenvalue weighted by Gasteiger charge is 2.26. The van der Waals surface area contributed by atoms with Gasteiger partial charge in [-0.2, -0.15) is 13.2 Å². The van der Waals surface area contributed by atoms with Gasteiger partial charge in [0, 0.05) is 12.5 Å². The number of carbonyl (C=O) groups is 1. The molecule has 0 aliphatic heterocycles. The minimum absolute atomic E-state index is 0.326. The van der Waals surface area contributed by atoms with Crippen LogP contribution in [0.15, 0.2) is 0 Å². The lowest BCUT2D eigenvalue weighted by atomic mass is 10.1. The van der Waals surface area contributed by atoms with Crippen LogP contribution in [-0.2, 0) is 4.79 Å². The van der Waals surface area contributed by atoms with Gasteiger partial charge in [-0.3, -0.25) is 4.79 Å². The maximum atomic E-state index is 11.7. The summed E-state index contributed by atoms with van der Waals surface area (Å²) < 4.78 is 35.1. The van der Waals surface area contributed by atoms with E-state index in [0.717, 1.165) is 0 Å². The van der Waals surface area contributed by atoms with E-state index in [0.29, 0.717) is 13.0 Å². The summed E-state index contributed by atoms with van der Waals surface area (Å²) in [6, 6.07) is 0. The quantitative estimate of drug-likeness (QED) is 0.715. The highest BCUT2D eigenvalue weighted by Crippen LogP contribution is 2.18. The van der Waals surface area contributed by atoms with Crippen LogP contribution in [0.5, 0.6) is 0 Å². The summed E-state index contributed by atoms with van der Waals surface area (Å²) >= 11 is 0. The smallest absolute Gasteiger partial charge is 0.356 e. The molecule has 0 saturated heterocycles. The van der Waals surface area contributed by atoms with E-state index >= 15 is 0 Å². The van der Waals surface area contributed by atoms with E-state index in [4.69, 9.17) is 5.73 Å². The second kappa shape index (κ2) is 5.85. The molecule has 0 aromatic heterocycles. The standard InChI is InChI=1S/C8H15F3N2O/c1-6(2-4-12)7(14)13-5-3-8(9,10)11/h6H,2-5,12H2,1H3,(H,13,14). The average Bonchev–Trinajstić information content (AvgIpc) is 2.02. The molecule has 14 heavy (non-hydrogen) atoms. The van der Waals surface area contributed by atoms with Crippen LogP contribution in [0.25, 0.3) is 0 Å². The van der Waals surface area contributed by atoms with Crippen molar-refractivity contribution in [2.75, 3.05) is 13.1 Å². The third kappa shape index (κ3) is 6.71. The van der Waals surface area contributed by atoms with Crippen molar-refractivity contribution in [3.05, 3.63) is 0 Å². The SMILES string of the molecule is CC(CCN)C(=O)NCCC(F)(F)F. The average molecular weight is 212 g/mol. The Morgan fingerprint density at radius 2 is 2.07 bits per heavy atom. The van der Waals surface area contributed by atoms with E-state index < -0.39 is 12.6 Å². The maximum absolute atomic E-state index is 11.7. The van der Waals surface area contributed by atoms with Crippen molar-refractivity contribution < 1.29 is 18.0 Å². The van der Waals surface area contributed by atoms with Crippen molar-refractivity contribution in [2.24, 2.45) is 11.7 Å². The first kappa shape index (κ1) is 13.2. The number of alkyl halides is 3. The monoisotopic (exact) mass is 212 g/mol. The fourth-order valence-electron chi connectivity index (χ4n) is 0.883. The van der Waals surface area contributed by atoms with E-state index in [1.165, 1.54) is 0 Å². The molecule has 3 nitrogen and oxygen atoms in total. The number of halogens is 3. The molecule has 0 aromatic rings. The van der Waals surface area contributed by atoms with Gasteiger partial charge in [0.25, 0.3) is 0 Å². The molecule has 1 unspecified atom stereocenters. The fourth-order valence-corrected chi connectivity index (χ4v) is 0.883. The number of rotatable bonds is 5. The summed E-state index contributed by atoms with van der Waals surface area (Å²) in [5.41, 5.74) is 5.21. The van der Waals surface area contributed by atoms with Gasteiger partial charge in [-0.25, -0.2) is 0 Å². The molecule has 84 valence electrons. The van der Waals surface area contributed by atoms with Crippen molar-refractivity contribution in [1.82, 2.24) is 5.32 Å².